The fourth-order valence-electron chi connectivity index (χ4n) is 2.75. The van der Waals surface area contributed by atoms with E-state index >= 15 is 0 Å². The van der Waals surface area contributed by atoms with Crippen LogP contribution in [-0.4, -0.2) is 42.8 Å². The molecule has 2 heterocycles. The molecule has 3 rings (SSSR count). The van der Waals surface area contributed by atoms with Gasteiger partial charge in [-0.2, -0.15) is 4.31 Å². The van der Waals surface area contributed by atoms with Gasteiger partial charge in [0.25, 0.3) is 5.91 Å². The van der Waals surface area contributed by atoms with Gasteiger partial charge in [-0.1, -0.05) is 6.92 Å². The van der Waals surface area contributed by atoms with Gasteiger partial charge in [-0.15, -0.1) is 0 Å². The van der Waals surface area contributed by atoms with Crippen molar-refractivity contribution in [1.82, 2.24) is 9.29 Å². The molecule has 26 heavy (non-hydrogen) atoms. The number of fused-ring (bicyclic) bond motifs is 1. The van der Waals surface area contributed by atoms with Gasteiger partial charge in [0, 0.05) is 25.5 Å². The summed E-state index contributed by atoms with van der Waals surface area (Å²) >= 11 is 0. The van der Waals surface area contributed by atoms with Crippen molar-refractivity contribution in [2.24, 2.45) is 0 Å². The average molecular weight is 375 g/mol. The lowest BCUT2D eigenvalue weighted by atomic mass is 10.2. The van der Waals surface area contributed by atoms with Crippen LogP contribution in [0, 0.1) is 0 Å². The smallest absolute Gasteiger partial charge is 0.265 e. The molecule has 1 atom stereocenters. The number of nitrogens with one attached hydrogen (secondary N) is 1. The Hall–Kier alpha value is -2.45. The number of carbonyl (C=O) groups is 1. The summed E-state index contributed by atoms with van der Waals surface area (Å²) in [5.74, 6) is 0.174. The van der Waals surface area contributed by atoms with Crippen LogP contribution in [0.5, 0.6) is 5.75 Å². The SMILES string of the molecule is CCN(CCc1ccncc1)S(=O)(=O)c1ccc2c(c1)NC(=O)C(C)O2. The maximum atomic E-state index is 13.0. The fourth-order valence-corrected chi connectivity index (χ4v) is 4.23. The van der Waals surface area contributed by atoms with Crippen LogP contribution in [0.3, 0.4) is 0 Å². The minimum atomic E-state index is -3.67. The van der Waals surface area contributed by atoms with Gasteiger partial charge < -0.3 is 10.1 Å². The van der Waals surface area contributed by atoms with E-state index in [2.05, 4.69) is 10.3 Å². The standard InChI is InChI=1S/C18H21N3O4S/c1-3-21(11-8-14-6-9-19-10-7-14)26(23,24)15-4-5-17-16(12-15)20-18(22)13(2)25-17/h4-7,9-10,12-13H,3,8,11H2,1-2H3,(H,20,22). The monoisotopic (exact) mass is 375 g/mol. The van der Waals surface area contributed by atoms with Crippen molar-refractivity contribution < 1.29 is 17.9 Å². The van der Waals surface area contributed by atoms with Crippen molar-refractivity contribution in [3.05, 3.63) is 48.3 Å². The second kappa shape index (κ2) is 7.43. The highest BCUT2D eigenvalue weighted by atomic mass is 32.2. The van der Waals surface area contributed by atoms with E-state index in [4.69, 9.17) is 4.74 Å². The highest BCUT2D eigenvalue weighted by Gasteiger charge is 2.28. The summed E-state index contributed by atoms with van der Waals surface area (Å²) in [5.41, 5.74) is 1.40. The molecule has 1 amide bonds. The second-order valence-electron chi connectivity index (χ2n) is 6.01. The molecular weight excluding hydrogens is 354 g/mol. The van der Waals surface area contributed by atoms with Crippen LogP contribution >= 0.6 is 0 Å². The molecule has 0 radical (unpaired) electrons. The predicted molar refractivity (Wildman–Crippen MR) is 97.5 cm³/mol. The minimum absolute atomic E-state index is 0.131. The molecule has 1 aromatic carbocycles. The molecule has 0 aliphatic carbocycles. The number of benzene rings is 1. The molecule has 1 aromatic heterocycles. The summed E-state index contributed by atoms with van der Waals surface area (Å²) in [4.78, 5) is 15.9. The Bertz CT molecular complexity index is 900. The Morgan fingerprint density at radius 1 is 1.23 bits per heavy atom. The van der Waals surface area contributed by atoms with Gasteiger partial charge in [-0.05, 0) is 49.2 Å². The molecule has 1 aliphatic rings. The third kappa shape index (κ3) is 3.71. The largest absolute Gasteiger partial charge is 0.479 e. The molecule has 8 heteroatoms. The van der Waals surface area contributed by atoms with Crippen molar-refractivity contribution in [3.8, 4) is 5.75 Å². The van der Waals surface area contributed by atoms with E-state index in [9.17, 15) is 13.2 Å². The molecule has 0 bridgehead atoms. The molecule has 0 fully saturated rings. The number of carbonyl (C=O) groups excluding carboxylic acids is 1. The van der Waals surface area contributed by atoms with Crippen LogP contribution < -0.4 is 10.1 Å². The maximum absolute atomic E-state index is 13.0. The molecule has 0 saturated heterocycles. The van der Waals surface area contributed by atoms with E-state index in [1.54, 1.807) is 32.3 Å². The fraction of sp³-hybridized carbons (Fsp3) is 0.333. The third-order valence-corrected chi connectivity index (χ3v) is 6.24. The number of pyridine rings is 1. The van der Waals surface area contributed by atoms with Gasteiger partial charge in [-0.25, -0.2) is 8.42 Å². The van der Waals surface area contributed by atoms with Gasteiger partial charge in [0.1, 0.15) is 5.75 Å². The Labute approximate surface area is 153 Å². The van der Waals surface area contributed by atoms with Crippen molar-refractivity contribution in [1.29, 1.82) is 0 Å². The number of hydrogen-bond donors (Lipinski definition) is 1. The van der Waals surface area contributed by atoms with Crippen molar-refractivity contribution in [2.45, 2.75) is 31.3 Å². The highest BCUT2D eigenvalue weighted by molar-refractivity contribution is 7.89. The zero-order chi connectivity index (χ0) is 18.7. The zero-order valence-corrected chi connectivity index (χ0v) is 15.5. The molecule has 2 aromatic rings. The quantitative estimate of drug-likeness (QED) is 0.835. The van der Waals surface area contributed by atoms with Crippen LogP contribution in [0.2, 0.25) is 0 Å². The number of hydrogen-bond acceptors (Lipinski definition) is 5. The van der Waals surface area contributed by atoms with Gasteiger partial charge >= 0.3 is 0 Å². The predicted octanol–water partition coefficient (Wildman–Crippen LogP) is 2.05. The molecular formula is C18H21N3O4S. The first-order chi connectivity index (χ1) is 12.4. The van der Waals surface area contributed by atoms with Crippen LogP contribution in [0.25, 0.3) is 0 Å². The summed E-state index contributed by atoms with van der Waals surface area (Å²) in [5, 5.41) is 2.68. The molecule has 0 saturated carbocycles. The molecule has 0 spiro atoms. The van der Waals surface area contributed by atoms with Crippen molar-refractivity contribution >= 4 is 21.6 Å². The Morgan fingerprint density at radius 3 is 2.65 bits per heavy atom. The van der Waals surface area contributed by atoms with Crippen LogP contribution in [0.15, 0.2) is 47.6 Å². The van der Waals surface area contributed by atoms with Gasteiger partial charge in [-0.3, -0.25) is 9.78 Å². The highest BCUT2D eigenvalue weighted by Crippen LogP contribution is 2.32. The van der Waals surface area contributed by atoms with Gasteiger partial charge in [0.05, 0.1) is 10.6 Å². The zero-order valence-electron chi connectivity index (χ0n) is 14.7. The molecule has 7 nitrogen and oxygen atoms in total. The number of rotatable bonds is 6. The van der Waals surface area contributed by atoms with E-state index in [0.717, 1.165) is 5.56 Å². The maximum Gasteiger partial charge on any atom is 0.265 e. The lowest BCUT2D eigenvalue weighted by molar-refractivity contribution is -0.122. The average Bonchev–Trinajstić information content (AvgIpc) is 2.63. The lowest BCUT2D eigenvalue weighted by Gasteiger charge is -2.25. The molecule has 138 valence electrons. The van der Waals surface area contributed by atoms with E-state index in [1.807, 2.05) is 12.1 Å². The minimum Gasteiger partial charge on any atom is -0.479 e. The number of amides is 1. The number of nitrogens with zero attached hydrogens (tertiary/aromatic N) is 2. The summed E-state index contributed by atoms with van der Waals surface area (Å²) in [7, 11) is -3.67. The molecule has 1 unspecified atom stereocenters. The second-order valence-corrected chi connectivity index (χ2v) is 7.95. The van der Waals surface area contributed by atoms with E-state index in [1.165, 1.54) is 16.4 Å². The lowest BCUT2D eigenvalue weighted by Crippen LogP contribution is -2.35. The summed E-state index contributed by atoms with van der Waals surface area (Å²) < 4.78 is 32.9. The van der Waals surface area contributed by atoms with Crippen LogP contribution in [-0.2, 0) is 21.2 Å². The molecule has 1 N–H and O–H groups in total. The first kappa shape index (κ1) is 18.3. The van der Waals surface area contributed by atoms with E-state index < -0.39 is 16.1 Å². The number of anilines is 1. The van der Waals surface area contributed by atoms with Gasteiger partial charge in [0.15, 0.2) is 6.10 Å². The Morgan fingerprint density at radius 2 is 1.96 bits per heavy atom. The van der Waals surface area contributed by atoms with E-state index in [-0.39, 0.29) is 10.8 Å². The topological polar surface area (TPSA) is 88.6 Å². The number of ether oxygens (including phenoxy) is 1. The summed E-state index contributed by atoms with van der Waals surface area (Å²) in [6.45, 7) is 4.15. The summed E-state index contributed by atoms with van der Waals surface area (Å²) in [6.07, 6.45) is 3.37. The number of likely N-dealkylation sites (N-methyl/N-ethyl adjacent to an activating group) is 1. The summed E-state index contributed by atoms with van der Waals surface area (Å²) in [6, 6.07) is 8.27. The van der Waals surface area contributed by atoms with Crippen LogP contribution in [0.1, 0.15) is 19.4 Å². The van der Waals surface area contributed by atoms with E-state index in [0.29, 0.717) is 30.9 Å². The van der Waals surface area contributed by atoms with Crippen LogP contribution in [0.4, 0.5) is 5.69 Å². The first-order valence-corrected chi connectivity index (χ1v) is 9.86. The number of aromatic nitrogens is 1. The van der Waals surface area contributed by atoms with Gasteiger partial charge in [0.2, 0.25) is 10.0 Å². The Balaban J connectivity index is 1.82. The van der Waals surface area contributed by atoms with Crippen molar-refractivity contribution in [2.75, 3.05) is 18.4 Å². The normalized spacial score (nSPS) is 16.7. The Kier molecular flexibility index (Phi) is 5.24. The van der Waals surface area contributed by atoms with Crippen molar-refractivity contribution in [3.63, 3.8) is 0 Å². The molecule has 1 aliphatic heterocycles. The third-order valence-electron chi connectivity index (χ3n) is 4.27. The number of sulfonamides is 1. The first-order valence-electron chi connectivity index (χ1n) is 8.42.